The van der Waals surface area contributed by atoms with Gasteiger partial charge in [-0.25, -0.2) is 4.79 Å². The minimum atomic E-state index is -0.283. The largest absolute Gasteiger partial charge is 0.508 e. The van der Waals surface area contributed by atoms with Gasteiger partial charge in [0.1, 0.15) is 5.75 Å². The highest BCUT2D eigenvalue weighted by Crippen LogP contribution is 2.20. The second kappa shape index (κ2) is 6.24. The smallest absolute Gasteiger partial charge is 0.334 e. The highest BCUT2D eigenvalue weighted by molar-refractivity contribution is 5.89. The van der Waals surface area contributed by atoms with E-state index in [9.17, 15) is 9.90 Å². The van der Waals surface area contributed by atoms with E-state index < -0.39 is 0 Å². The van der Waals surface area contributed by atoms with Crippen molar-refractivity contribution in [3.8, 4) is 5.75 Å². The molecule has 1 rings (SSSR count). The lowest BCUT2D eigenvalue weighted by Crippen LogP contribution is -2.12. The van der Waals surface area contributed by atoms with Crippen LogP contribution >= 0.6 is 0 Å². The Morgan fingerprint density at radius 2 is 1.83 bits per heavy atom. The number of phenolic OH excluding ortho intramolecular Hbond substituents is 1. The van der Waals surface area contributed by atoms with Crippen LogP contribution in [0.3, 0.4) is 0 Å². The molecule has 3 heteroatoms. The Labute approximate surface area is 108 Å². The summed E-state index contributed by atoms with van der Waals surface area (Å²) in [6, 6.07) is 6.86. The normalized spacial score (nSPS) is 12.3. The highest BCUT2D eigenvalue weighted by atomic mass is 16.5. The Morgan fingerprint density at radius 1 is 1.28 bits per heavy atom. The van der Waals surface area contributed by atoms with E-state index >= 15 is 0 Å². The van der Waals surface area contributed by atoms with Gasteiger partial charge in [0.2, 0.25) is 0 Å². The predicted octanol–water partition coefficient (Wildman–Crippen LogP) is 3.08. The maximum atomic E-state index is 11.8. The number of carbonyl (C=O) groups excluding carboxylic acids is 1. The van der Waals surface area contributed by atoms with Crippen LogP contribution < -0.4 is 0 Å². The summed E-state index contributed by atoms with van der Waals surface area (Å²) >= 11 is 0. The van der Waals surface area contributed by atoms with E-state index in [0.29, 0.717) is 17.9 Å². The van der Waals surface area contributed by atoms with Crippen LogP contribution in [0.5, 0.6) is 5.75 Å². The lowest BCUT2D eigenvalue weighted by molar-refractivity contribution is -0.136. The Kier molecular flexibility index (Phi) is 4.95. The number of rotatable bonds is 4. The van der Waals surface area contributed by atoms with Crippen LogP contribution in [-0.2, 0) is 16.0 Å². The number of hydrogen-bond acceptors (Lipinski definition) is 3. The maximum Gasteiger partial charge on any atom is 0.334 e. The number of phenols is 1. The monoisotopic (exact) mass is 248 g/mol. The number of esters is 1. The first-order valence-corrected chi connectivity index (χ1v) is 6.01. The molecule has 0 fully saturated rings. The van der Waals surface area contributed by atoms with Gasteiger partial charge in [0, 0.05) is 12.0 Å². The highest BCUT2D eigenvalue weighted by Gasteiger charge is 2.15. The van der Waals surface area contributed by atoms with Gasteiger partial charge in [-0.3, -0.25) is 0 Å². The number of methoxy groups -OCH3 is 1. The molecule has 0 aliphatic rings. The molecule has 0 saturated heterocycles. The molecule has 0 aliphatic heterocycles. The molecule has 3 nitrogen and oxygen atoms in total. The fraction of sp³-hybridized carbons (Fsp3) is 0.400. The SMILES string of the molecule is COC(=O)/C(Cc1ccc(O)cc1)=C(\C)C(C)C. The quantitative estimate of drug-likeness (QED) is 0.658. The molecule has 1 aromatic rings. The average molecular weight is 248 g/mol. The maximum absolute atomic E-state index is 11.8. The molecule has 0 radical (unpaired) electrons. The topological polar surface area (TPSA) is 46.5 Å². The van der Waals surface area contributed by atoms with Crippen molar-refractivity contribution in [3.05, 3.63) is 41.0 Å². The molecule has 0 amide bonds. The van der Waals surface area contributed by atoms with Crippen molar-refractivity contribution in [2.24, 2.45) is 5.92 Å². The Morgan fingerprint density at radius 3 is 2.28 bits per heavy atom. The predicted molar refractivity (Wildman–Crippen MR) is 71.4 cm³/mol. The van der Waals surface area contributed by atoms with Crippen LogP contribution in [-0.4, -0.2) is 18.2 Å². The molecule has 0 spiro atoms. The molecule has 0 bridgehead atoms. The van der Waals surface area contributed by atoms with Gasteiger partial charge in [-0.05, 0) is 30.5 Å². The fourth-order valence-corrected chi connectivity index (χ4v) is 1.66. The third kappa shape index (κ3) is 3.62. The summed E-state index contributed by atoms with van der Waals surface area (Å²) < 4.78 is 4.83. The van der Waals surface area contributed by atoms with Gasteiger partial charge in [0.05, 0.1) is 7.11 Å². The number of aromatic hydroxyl groups is 1. The zero-order chi connectivity index (χ0) is 13.7. The van der Waals surface area contributed by atoms with Gasteiger partial charge >= 0.3 is 5.97 Å². The summed E-state index contributed by atoms with van der Waals surface area (Å²) in [5.41, 5.74) is 2.71. The minimum absolute atomic E-state index is 0.225. The van der Waals surface area contributed by atoms with Crippen LogP contribution in [0.25, 0.3) is 0 Å². The Bertz CT molecular complexity index is 441. The van der Waals surface area contributed by atoms with Crippen molar-refractivity contribution in [2.75, 3.05) is 7.11 Å². The number of benzene rings is 1. The molecule has 0 aliphatic carbocycles. The standard InChI is InChI=1S/C15H20O3/c1-10(2)11(3)14(15(17)18-4)9-12-5-7-13(16)8-6-12/h5-8,10,16H,9H2,1-4H3/b14-11+. The van der Waals surface area contributed by atoms with E-state index in [-0.39, 0.29) is 11.7 Å². The molecule has 1 aromatic carbocycles. The zero-order valence-corrected chi connectivity index (χ0v) is 11.4. The van der Waals surface area contributed by atoms with Gasteiger partial charge < -0.3 is 9.84 Å². The molecular weight excluding hydrogens is 228 g/mol. The second-order valence-electron chi connectivity index (χ2n) is 4.65. The molecule has 0 unspecified atom stereocenters. The number of allylic oxidation sites excluding steroid dienone is 1. The van der Waals surface area contributed by atoms with Crippen LogP contribution in [0, 0.1) is 5.92 Å². The number of ether oxygens (including phenoxy) is 1. The van der Waals surface area contributed by atoms with E-state index in [4.69, 9.17) is 4.74 Å². The summed E-state index contributed by atoms with van der Waals surface area (Å²) in [6.07, 6.45) is 0.525. The first-order valence-electron chi connectivity index (χ1n) is 6.01. The van der Waals surface area contributed by atoms with Gasteiger partial charge in [-0.15, -0.1) is 0 Å². The van der Waals surface area contributed by atoms with Gasteiger partial charge in [-0.1, -0.05) is 31.6 Å². The second-order valence-corrected chi connectivity index (χ2v) is 4.65. The molecule has 98 valence electrons. The first kappa shape index (κ1) is 14.3. The van der Waals surface area contributed by atoms with Crippen molar-refractivity contribution in [2.45, 2.75) is 27.2 Å². The van der Waals surface area contributed by atoms with E-state index in [1.165, 1.54) is 7.11 Å². The molecule has 18 heavy (non-hydrogen) atoms. The van der Waals surface area contributed by atoms with E-state index in [2.05, 4.69) is 13.8 Å². The first-order chi connectivity index (χ1) is 8.45. The molecule has 0 saturated carbocycles. The van der Waals surface area contributed by atoms with Crippen molar-refractivity contribution in [3.63, 3.8) is 0 Å². The van der Waals surface area contributed by atoms with Gasteiger partial charge in [0.25, 0.3) is 0 Å². The van der Waals surface area contributed by atoms with Gasteiger partial charge in [-0.2, -0.15) is 0 Å². The summed E-state index contributed by atoms with van der Waals surface area (Å²) in [5, 5.41) is 9.24. The molecule has 0 atom stereocenters. The van der Waals surface area contributed by atoms with Gasteiger partial charge in [0.15, 0.2) is 0 Å². The Hall–Kier alpha value is -1.77. The minimum Gasteiger partial charge on any atom is -0.508 e. The lowest BCUT2D eigenvalue weighted by atomic mass is 9.94. The van der Waals surface area contributed by atoms with E-state index in [1.54, 1.807) is 12.1 Å². The Balaban J connectivity index is 3.03. The van der Waals surface area contributed by atoms with Crippen LogP contribution in [0.4, 0.5) is 0 Å². The fourth-order valence-electron chi connectivity index (χ4n) is 1.66. The van der Waals surface area contributed by atoms with Crippen LogP contribution in [0.1, 0.15) is 26.3 Å². The van der Waals surface area contributed by atoms with Crippen molar-refractivity contribution in [1.29, 1.82) is 0 Å². The van der Waals surface area contributed by atoms with Crippen molar-refractivity contribution >= 4 is 5.97 Å². The van der Waals surface area contributed by atoms with Crippen LogP contribution in [0.15, 0.2) is 35.4 Å². The average Bonchev–Trinajstić information content (AvgIpc) is 2.36. The molecule has 0 aromatic heterocycles. The summed E-state index contributed by atoms with van der Waals surface area (Å²) in [5.74, 6) is 0.244. The third-order valence-electron chi connectivity index (χ3n) is 3.09. The molecule has 1 N–H and O–H groups in total. The van der Waals surface area contributed by atoms with E-state index in [1.807, 2.05) is 19.1 Å². The third-order valence-corrected chi connectivity index (χ3v) is 3.09. The van der Waals surface area contributed by atoms with Crippen molar-refractivity contribution in [1.82, 2.24) is 0 Å². The van der Waals surface area contributed by atoms with E-state index in [0.717, 1.165) is 11.1 Å². The van der Waals surface area contributed by atoms with Crippen molar-refractivity contribution < 1.29 is 14.6 Å². The molecular formula is C15H20O3. The summed E-state index contributed by atoms with van der Waals surface area (Å²) in [4.78, 5) is 11.8. The summed E-state index contributed by atoms with van der Waals surface area (Å²) in [7, 11) is 1.40. The summed E-state index contributed by atoms with van der Waals surface area (Å²) in [6.45, 7) is 6.06. The lowest BCUT2D eigenvalue weighted by Gasteiger charge is -2.13. The zero-order valence-electron chi connectivity index (χ0n) is 11.4. The molecule has 0 heterocycles. The number of hydrogen-bond donors (Lipinski definition) is 1. The number of carbonyl (C=O) groups is 1. The van der Waals surface area contributed by atoms with Crippen LogP contribution in [0.2, 0.25) is 0 Å².